The minimum absolute atomic E-state index is 0.0139. The summed E-state index contributed by atoms with van der Waals surface area (Å²) in [6.07, 6.45) is 1.67. The third-order valence-corrected chi connectivity index (χ3v) is 3.35. The first kappa shape index (κ1) is 12.5. The third kappa shape index (κ3) is 2.49. The van der Waals surface area contributed by atoms with E-state index in [1.165, 1.54) is 0 Å². The van der Waals surface area contributed by atoms with Crippen LogP contribution in [0, 0.1) is 6.92 Å². The molecule has 0 spiro atoms. The number of hydrogen-bond acceptors (Lipinski definition) is 2. The van der Waals surface area contributed by atoms with E-state index in [0.29, 0.717) is 10.0 Å². The van der Waals surface area contributed by atoms with E-state index >= 15 is 0 Å². The molecule has 0 aliphatic rings. The molecule has 0 amide bonds. The van der Waals surface area contributed by atoms with Gasteiger partial charge in [-0.05, 0) is 43.8 Å². The van der Waals surface area contributed by atoms with E-state index in [1.54, 1.807) is 18.4 Å². The molecule has 0 aliphatic carbocycles. The Morgan fingerprint density at radius 1 is 1.18 bits per heavy atom. The van der Waals surface area contributed by atoms with E-state index in [2.05, 4.69) is 5.32 Å². The number of rotatable bonds is 3. The van der Waals surface area contributed by atoms with Crippen molar-refractivity contribution in [2.45, 2.75) is 13.0 Å². The van der Waals surface area contributed by atoms with Gasteiger partial charge in [-0.2, -0.15) is 0 Å². The molecule has 0 aliphatic heterocycles. The highest BCUT2D eigenvalue weighted by Crippen LogP contribution is 2.32. The molecule has 1 aromatic carbocycles. The summed E-state index contributed by atoms with van der Waals surface area (Å²) in [6.45, 7) is 1.93. The van der Waals surface area contributed by atoms with Gasteiger partial charge in [-0.1, -0.05) is 23.2 Å². The Hall–Kier alpha value is -0.960. The first-order valence-corrected chi connectivity index (χ1v) is 6.05. The topological polar surface area (TPSA) is 25.2 Å². The summed E-state index contributed by atoms with van der Waals surface area (Å²) in [7, 11) is 1.88. The van der Waals surface area contributed by atoms with Gasteiger partial charge in [0.15, 0.2) is 0 Å². The lowest BCUT2D eigenvalue weighted by molar-refractivity contribution is 0.523. The summed E-state index contributed by atoms with van der Waals surface area (Å²) in [4.78, 5) is 0. The van der Waals surface area contributed by atoms with Crippen LogP contribution in [0.4, 0.5) is 0 Å². The lowest BCUT2D eigenvalue weighted by atomic mass is 9.99. The monoisotopic (exact) mass is 269 g/mol. The molecule has 0 saturated heterocycles. The summed E-state index contributed by atoms with van der Waals surface area (Å²) in [5, 5.41) is 4.59. The Morgan fingerprint density at radius 2 is 1.94 bits per heavy atom. The highest BCUT2D eigenvalue weighted by atomic mass is 35.5. The number of hydrogen-bond donors (Lipinski definition) is 1. The zero-order valence-electron chi connectivity index (χ0n) is 9.63. The Balaban J connectivity index is 2.49. The molecule has 1 atom stereocenters. The Bertz CT molecular complexity index is 522. The normalized spacial score (nSPS) is 12.7. The lowest BCUT2D eigenvalue weighted by Crippen LogP contribution is -2.18. The highest BCUT2D eigenvalue weighted by Gasteiger charge is 2.18. The van der Waals surface area contributed by atoms with Gasteiger partial charge in [-0.15, -0.1) is 0 Å². The van der Waals surface area contributed by atoms with Crippen LogP contribution in [0.5, 0.6) is 0 Å². The molecule has 2 aromatic rings. The second-order valence-corrected chi connectivity index (χ2v) is 4.66. The molecule has 0 saturated carbocycles. The Kier molecular flexibility index (Phi) is 3.77. The molecule has 1 heterocycles. The van der Waals surface area contributed by atoms with Crippen LogP contribution in [-0.2, 0) is 0 Å². The molecule has 17 heavy (non-hydrogen) atoms. The van der Waals surface area contributed by atoms with Crippen molar-refractivity contribution >= 4 is 23.2 Å². The SMILES string of the molecule is CNC(c1cc(Cl)ccc1Cl)c1ccoc1C. The molecule has 90 valence electrons. The van der Waals surface area contributed by atoms with Crippen LogP contribution in [-0.4, -0.2) is 7.05 Å². The van der Waals surface area contributed by atoms with Gasteiger partial charge in [-0.25, -0.2) is 0 Å². The number of nitrogens with one attached hydrogen (secondary N) is 1. The fourth-order valence-electron chi connectivity index (χ4n) is 1.91. The number of benzene rings is 1. The van der Waals surface area contributed by atoms with Gasteiger partial charge in [0.2, 0.25) is 0 Å². The molecule has 2 rings (SSSR count). The lowest BCUT2D eigenvalue weighted by Gasteiger charge is -2.17. The van der Waals surface area contributed by atoms with Crippen molar-refractivity contribution in [2.24, 2.45) is 0 Å². The van der Waals surface area contributed by atoms with Gasteiger partial charge in [0.1, 0.15) is 5.76 Å². The number of aryl methyl sites for hydroxylation is 1. The summed E-state index contributed by atoms with van der Waals surface area (Å²) >= 11 is 12.2. The molecule has 0 radical (unpaired) electrons. The highest BCUT2D eigenvalue weighted by molar-refractivity contribution is 6.33. The van der Waals surface area contributed by atoms with Crippen molar-refractivity contribution in [3.05, 3.63) is 57.5 Å². The minimum atomic E-state index is -0.0139. The second-order valence-electron chi connectivity index (χ2n) is 3.82. The van der Waals surface area contributed by atoms with Gasteiger partial charge < -0.3 is 9.73 Å². The minimum Gasteiger partial charge on any atom is -0.469 e. The fourth-order valence-corrected chi connectivity index (χ4v) is 2.32. The van der Waals surface area contributed by atoms with E-state index in [0.717, 1.165) is 16.9 Å². The van der Waals surface area contributed by atoms with E-state index in [-0.39, 0.29) is 6.04 Å². The van der Waals surface area contributed by atoms with Crippen LogP contribution < -0.4 is 5.32 Å². The maximum Gasteiger partial charge on any atom is 0.105 e. The molecule has 4 heteroatoms. The van der Waals surface area contributed by atoms with Gasteiger partial charge in [0, 0.05) is 15.6 Å². The average molecular weight is 270 g/mol. The maximum atomic E-state index is 6.21. The van der Waals surface area contributed by atoms with Crippen LogP contribution in [0.25, 0.3) is 0 Å². The zero-order valence-corrected chi connectivity index (χ0v) is 11.1. The van der Waals surface area contributed by atoms with Crippen molar-refractivity contribution in [3.8, 4) is 0 Å². The first-order chi connectivity index (χ1) is 8.13. The summed E-state index contributed by atoms with van der Waals surface area (Å²) in [5.41, 5.74) is 2.02. The summed E-state index contributed by atoms with van der Waals surface area (Å²) < 4.78 is 5.32. The van der Waals surface area contributed by atoms with Crippen LogP contribution >= 0.6 is 23.2 Å². The van der Waals surface area contributed by atoms with E-state index < -0.39 is 0 Å². The van der Waals surface area contributed by atoms with Crippen molar-refractivity contribution in [1.82, 2.24) is 5.32 Å². The molecule has 0 bridgehead atoms. The molecular formula is C13H13Cl2NO. The molecular weight excluding hydrogens is 257 g/mol. The van der Waals surface area contributed by atoms with Crippen molar-refractivity contribution in [1.29, 1.82) is 0 Å². The average Bonchev–Trinajstić information content (AvgIpc) is 2.71. The largest absolute Gasteiger partial charge is 0.469 e. The number of halogens is 2. The molecule has 2 nitrogen and oxygen atoms in total. The zero-order chi connectivity index (χ0) is 12.4. The van der Waals surface area contributed by atoms with Crippen molar-refractivity contribution in [3.63, 3.8) is 0 Å². The molecule has 1 unspecified atom stereocenters. The Morgan fingerprint density at radius 3 is 2.53 bits per heavy atom. The molecule has 1 N–H and O–H groups in total. The predicted molar refractivity (Wildman–Crippen MR) is 70.8 cm³/mol. The molecule has 0 fully saturated rings. The first-order valence-electron chi connectivity index (χ1n) is 5.29. The van der Waals surface area contributed by atoms with Crippen molar-refractivity contribution in [2.75, 3.05) is 7.05 Å². The van der Waals surface area contributed by atoms with Gasteiger partial charge in [0.05, 0.1) is 12.3 Å². The summed E-state index contributed by atoms with van der Waals surface area (Å²) in [5.74, 6) is 0.875. The van der Waals surface area contributed by atoms with Crippen molar-refractivity contribution < 1.29 is 4.42 Å². The third-order valence-electron chi connectivity index (χ3n) is 2.77. The van der Waals surface area contributed by atoms with E-state index in [4.69, 9.17) is 27.6 Å². The van der Waals surface area contributed by atoms with Crippen LogP contribution in [0.15, 0.2) is 34.9 Å². The predicted octanol–water partition coefficient (Wildman–Crippen LogP) is 4.20. The fraction of sp³-hybridized carbons (Fsp3) is 0.231. The maximum absolute atomic E-state index is 6.21. The number of furan rings is 1. The van der Waals surface area contributed by atoms with E-state index in [9.17, 15) is 0 Å². The smallest absolute Gasteiger partial charge is 0.105 e. The van der Waals surface area contributed by atoms with Crippen LogP contribution in [0.3, 0.4) is 0 Å². The van der Waals surface area contributed by atoms with Crippen LogP contribution in [0.1, 0.15) is 22.9 Å². The second kappa shape index (κ2) is 5.13. The van der Waals surface area contributed by atoms with Gasteiger partial charge in [0.25, 0.3) is 0 Å². The standard InChI is InChI=1S/C13H13Cl2NO/c1-8-10(5-6-17-8)13(16-2)11-7-9(14)3-4-12(11)15/h3-7,13,16H,1-2H3. The van der Waals surface area contributed by atoms with E-state index in [1.807, 2.05) is 26.1 Å². The molecule has 1 aromatic heterocycles. The van der Waals surface area contributed by atoms with Gasteiger partial charge in [-0.3, -0.25) is 0 Å². The quantitative estimate of drug-likeness (QED) is 0.904. The van der Waals surface area contributed by atoms with Crippen LogP contribution in [0.2, 0.25) is 10.0 Å². The Labute approximate surface area is 111 Å². The van der Waals surface area contributed by atoms with Gasteiger partial charge >= 0.3 is 0 Å². The summed E-state index contributed by atoms with van der Waals surface area (Å²) in [6, 6.07) is 7.38.